The van der Waals surface area contributed by atoms with Crippen molar-refractivity contribution in [3.05, 3.63) is 140 Å². The standard InChI is InChI=1S/C39H23N5O/c1-3-11-24(12-4-1)37-42-38(25-13-5-2-6-14-25)44-39(43-37)31-22-27(21-30-29-17-9-10-18-33(29)45-36(30)31)34-28-16-8-7-15-26(28)23-32-35(34)41-20-19-40-32/h1-23H. The maximum atomic E-state index is 6.57. The van der Waals surface area contributed by atoms with E-state index in [1.165, 1.54) is 0 Å². The van der Waals surface area contributed by atoms with Crippen LogP contribution in [0, 0.1) is 0 Å². The molecule has 0 radical (unpaired) electrons. The number of hydrogen-bond donors (Lipinski definition) is 0. The molecule has 0 aliphatic heterocycles. The largest absolute Gasteiger partial charge is 0.455 e. The molecule has 9 aromatic rings. The average molecular weight is 578 g/mol. The van der Waals surface area contributed by atoms with Gasteiger partial charge in [0, 0.05) is 39.9 Å². The maximum absolute atomic E-state index is 6.57. The molecule has 3 heterocycles. The quantitative estimate of drug-likeness (QED) is 0.194. The molecular formula is C39H23N5O. The Hall–Kier alpha value is -6.27. The normalized spacial score (nSPS) is 11.6. The van der Waals surface area contributed by atoms with Crippen molar-refractivity contribution in [2.45, 2.75) is 0 Å². The predicted octanol–water partition coefficient (Wildman–Crippen LogP) is 9.54. The maximum Gasteiger partial charge on any atom is 0.167 e. The van der Waals surface area contributed by atoms with Crippen molar-refractivity contribution in [1.29, 1.82) is 0 Å². The van der Waals surface area contributed by atoms with E-state index < -0.39 is 0 Å². The van der Waals surface area contributed by atoms with Gasteiger partial charge in [0.25, 0.3) is 0 Å². The van der Waals surface area contributed by atoms with Crippen molar-refractivity contribution >= 4 is 43.7 Å². The van der Waals surface area contributed by atoms with Gasteiger partial charge in [-0.2, -0.15) is 0 Å². The van der Waals surface area contributed by atoms with Crippen LogP contribution in [0.25, 0.3) is 89.0 Å². The number of furan rings is 1. The van der Waals surface area contributed by atoms with Crippen molar-refractivity contribution < 1.29 is 4.42 Å². The molecule has 0 aliphatic rings. The highest BCUT2D eigenvalue weighted by molar-refractivity contribution is 6.15. The molecule has 0 saturated carbocycles. The number of fused-ring (bicyclic) bond motifs is 5. The first kappa shape index (κ1) is 25.2. The summed E-state index contributed by atoms with van der Waals surface area (Å²) in [5.74, 6) is 1.72. The van der Waals surface area contributed by atoms with Crippen LogP contribution < -0.4 is 0 Å². The molecule has 0 saturated heterocycles. The highest BCUT2D eigenvalue weighted by Gasteiger charge is 2.21. The molecule has 6 aromatic carbocycles. The highest BCUT2D eigenvalue weighted by atomic mass is 16.3. The van der Waals surface area contributed by atoms with Crippen molar-refractivity contribution in [2.24, 2.45) is 0 Å². The fourth-order valence-corrected chi connectivity index (χ4v) is 6.13. The van der Waals surface area contributed by atoms with Crippen LogP contribution in [0.1, 0.15) is 0 Å². The summed E-state index contributed by atoms with van der Waals surface area (Å²) in [5.41, 5.74) is 7.77. The first-order valence-corrected chi connectivity index (χ1v) is 14.8. The van der Waals surface area contributed by atoms with E-state index in [1.807, 2.05) is 84.9 Å². The van der Waals surface area contributed by atoms with Gasteiger partial charge in [0.2, 0.25) is 0 Å². The number of hydrogen-bond acceptors (Lipinski definition) is 6. The lowest BCUT2D eigenvalue weighted by atomic mass is 9.93. The van der Waals surface area contributed by atoms with Crippen molar-refractivity contribution in [2.75, 3.05) is 0 Å². The second-order valence-electron chi connectivity index (χ2n) is 10.9. The number of rotatable bonds is 4. The molecule has 0 N–H and O–H groups in total. The van der Waals surface area contributed by atoms with Gasteiger partial charge in [-0.05, 0) is 40.6 Å². The Morgan fingerprint density at radius 1 is 0.467 bits per heavy atom. The SMILES string of the molecule is c1ccc(-c2nc(-c3ccccc3)nc(-c3cc(-c4c5ccccc5cc5nccnc45)cc4c3oc3ccccc34)n2)cc1. The third kappa shape index (κ3) is 4.23. The fourth-order valence-electron chi connectivity index (χ4n) is 6.13. The van der Waals surface area contributed by atoms with Gasteiger partial charge in [-0.15, -0.1) is 0 Å². The molecule has 0 unspecified atom stereocenters. The summed E-state index contributed by atoms with van der Waals surface area (Å²) in [4.78, 5) is 24.5. The zero-order valence-electron chi connectivity index (χ0n) is 23.9. The summed E-state index contributed by atoms with van der Waals surface area (Å²) in [5, 5.41) is 4.18. The molecule has 0 fully saturated rings. The van der Waals surface area contributed by atoms with Crippen molar-refractivity contribution in [3.8, 4) is 45.3 Å². The Morgan fingerprint density at radius 3 is 1.84 bits per heavy atom. The molecule has 6 heteroatoms. The molecule has 0 amide bonds. The minimum Gasteiger partial charge on any atom is -0.455 e. The van der Waals surface area contributed by atoms with E-state index in [9.17, 15) is 0 Å². The van der Waals surface area contributed by atoms with Gasteiger partial charge in [0.15, 0.2) is 17.5 Å². The van der Waals surface area contributed by atoms with Gasteiger partial charge in [-0.1, -0.05) is 103 Å². The number of nitrogens with zero attached hydrogens (tertiary/aromatic N) is 5. The zero-order valence-corrected chi connectivity index (χ0v) is 23.9. The molecule has 0 atom stereocenters. The number of para-hydroxylation sites is 1. The van der Waals surface area contributed by atoms with Crippen LogP contribution in [0.15, 0.2) is 144 Å². The molecule has 210 valence electrons. The van der Waals surface area contributed by atoms with Crippen LogP contribution >= 0.6 is 0 Å². The Morgan fingerprint density at radius 2 is 1.09 bits per heavy atom. The van der Waals surface area contributed by atoms with Crippen LogP contribution in [0.4, 0.5) is 0 Å². The lowest BCUT2D eigenvalue weighted by Crippen LogP contribution is -2.00. The molecule has 0 spiro atoms. The molecule has 3 aromatic heterocycles. The van der Waals surface area contributed by atoms with Crippen LogP contribution in [0.3, 0.4) is 0 Å². The first-order chi connectivity index (χ1) is 22.3. The highest BCUT2D eigenvalue weighted by Crippen LogP contribution is 2.42. The summed E-state index contributed by atoms with van der Waals surface area (Å²) in [7, 11) is 0. The van der Waals surface area contributed by atoms with E-state index in [4.69, 9.17) is 24.4 Å². The minimum absolute atomic E-state index is 0.532. The van der Waals surface area contributed by atoms with E-state index in [0.717, 1.165) is 71.6 Å². The monoisotopic (exact) mass is 577 g/mol. The molecule has 0 bridgehead atoms. The minimum atomic E-state index is 0.532. The molecule has 6 nitrogen and oxygen atoms in total. The van der Waals surface area contributed by atoms with E-state index in [2.05, 4.69) is 47.4 Å². The van der Waals surface area contributed by atoms with Crippen molar-refractivity contribution in [3.63, 3.8) is 0 Å². The lowest BCUT2D eigenvalue weighted by Gasteiger charge is -2.13. The number of benzene rings is 6. The van der Waals surface area contributed by atoms with E-state index in [-0.39, 0.29) is 0 Å². The second-order valence-corrected chi connectivity index (χ2v) is 10.9. The topological polar surface area (TPSA) is 77.6 Å². The summed E-state index contributed by atoms with van der Waals surface area (Å²) in [6.07, 6.45) is 3.48. The Bertz CT molecular complexity index is 2430. The predicted molar refractivity (Wildman–Crippen MR) is 179 cm³/mol. The number of aromatic nitrogens is 5. The summed E-state index contributed by atoms with van der Waals surface area (Å²) < 4.78 is 6.57. The molecular weight excluding hydrogens is 554 g/mol. The van der Waals surface area contributed by atoms with E-state index >= 15 is 0 Å². The van der Waals surface area contributed by atoms with Crippen molar-refractivity contribution in [1.82, 2.24) is 24.9 Å². The van der Waals surface area contributed by atoms with Crippen LogP contribution in [0.2, 0.25) is 0 Å². The Balaban J connectivity index is 1.40. The zero-order chi connectivity index (χ0) is 29.7. The Kier molecular flexibility index (Phi) is 5.71. The molecule has 0 aliphatic carbocycles. The summed E-state index contributed by atoms with van der Waals surface area (Å²) in [6, 6.07) is 42.9. The average Bonchev–Trinajstić information content (AvgIpc) is 3.49. The van der Waals surface area contributed by atoms with Crippen LogP contribution in [-0.4, -0.2) is 24.9 Å². The second kappa shape index (κ2) is 10.2. The van der Waals surface area contributed by atoms with Crippen LogP contribution in [-0.2, 0) is 0 Å². The molecule has 45 heavy (non-hydrogen) atoms. The fraction of sp³-hybridized carbons (Fsp3) is 0. The van der Waals surface area contributed by atoms with Gasteiger partial charge in [-0.25, -0.2) is 15.0 Å². The van der Waals surface area contributed by atoms with Crippen LogP contribution in [0.5, 0.6) is 0 Å². The lowest BCUT2D eigenvalue weighted by molar-refractivity contribution is 0.669. The van der Waals surface area contributed by atoms with Gasteiger partial charge in [-0.3, -0.25) is 9.97 Å². The van der Waals surface area contributed by atoms with Gasteiger partial charge >= 0.3 is 0 Å². The first-order valence-electron chi connectivity index (χ1n) is 14.8. The van der Waals surface area contributed by atoms with E-state index in [1.54, 1.807) is 12.4 Å². The van der Waals surface area contributed by atoms with E-state index in [0.29, 0.717) is 17.5 Å². The van der Waals surface area contributed by atoms with Gasteiger partial charge in [0.1, 0.15) is 11.2 Å². The smallest absolute Gasteiger partial charge is 0.167 e. The summed E-state index contributed by atoms with van der Waals surface area (Å²) >= 11 is 0. The van der Waals surface area contributed by atoms with Gasteiger partial charge in [0.05, 0.1) is 16.6 Å². The third-order valence-corrected chi connectivity index (χ3v) is 8.19. The third-order valence-electron chi connectivity index (χ3n) is 8.19. The Labute approximate surface area is 257 Å². The molecule has 9 rings (SSSR count). The van der Waals surface area contributed by atoms with Gasteiger partial charge < -0.3 is 4.42 Å². The summed E-state index contributed by atoms with van der Waals surface area (Å²) in [6.45, 7) is 0.